The third-order valence-electron chi connectivity index (χ3n) is 3.67. The SMILES string of the molecule is O=C(c1cc(Br)ccc1F)N1CCC(C(=O)O)(C(F)(F)F)C1. The minimum atomic E-state index is -5.00. The van der Waals surface area contributed by atoms with Gasteiger partial charge in [-0.3, -0.25) is 9.59 Å². The van der Waals surface area contributed by atoms with E-state index < -0.39 is 54.4 Å². The molecule has 1 N–H and O–H groups in total. The number of carbonyl (C=O) groups is 2. The maximum Gasteiger partial charge on any atom is 0.406 e. The molecule has 1 aliphatic rings. The molecule has 9 heteroatoms. The van der Waals surface area contributed by atoms with Crippen LogP contribution in [0, 0.1) is 11.2 Å². The van der Waals surface area contributed by atoms with Crippen LogP contribution in [0.3, 0.4) is 0 Å². The van der Waals surface area contributed by atoms with Crippen LogP contribution in [0.4, 0.5) is 17.6 Å². The summed E-state index contributed by atoms with van der Waals surface area (Å²) in [5, 5.41) is 8.93. The van der Waals surface area contributed by atoms with E-state index in [0.29, 0.717) is 9.37 Å². The van der Waals surface area contributed by atoms with Gasteiger partial charge in [0.2, 0.25) is 0 Å². The van der Waals surface area contributed by atoms with Gasteiger partial charge in [0.15, 0.2) is 5.41 Å². The maximum absolute atomic E-state index is 13.7. The monoisotopic (exact) mass is 383 g/mol. The van der Waals surface area contributed by atoms with Crippen LogP contribution in [-0.4, -0.2) is 41.1 Å². The van der Waals surface area contributed by atoms with Crippen LogP contribution < -0.4 is 0 Å². The molecule has 0 aliphatic carbocycles. The van der Waals surface area contributed by atoms with E-state index in [1.165, 1.54) is 6.07 Å². The fourth-order valence-corrected chi connectivity index (χ4v) is 2.70. The normalized spacial score (nSPS) is 22.0. The zero-order valence-corrected chi connectivity index (χ0v) is 12.5. The summed E-state index contributed by atoms with van der Waals surface area (Å²) >= 11 is 3.04. The Balaban J connectivity index is 2.31. The largest absolute Gasteiger partial charge is 0.481 e. The van der Waals surface area contributed by atoms with Crippen molar-refractivity contribution < 1.29 is 32.3 Å². The molecule has 1 aromatic rings. The van der Waals surface area contributed by atoms with Gasteiger partial charge in [0.25, 0.3) is 5.91 Å². The summed E-state index contributed by atoms with van der Waals surface area (Å²) in [6.45, 7) is -1.44. The Morgan fingerprint density at radius 1 is 1.32 bits per heavy atom. The second-order valence-corrected chi connectivity index (χ2v) is 5.90. The number of carboxylic acids is 1. The first kappa shape index (κ1) is 16.7. The fourth-order valence-electron chi connectivity index (χ4n) is 2.34. The van der Waals surface area contributed by atoms with Crippen molar-refractivity contribution >= 4 is 27.8 Å². The second-order valence-electron chi connectivity index (χ2n) is 4.99. The average molecular weight is 384 g/mol. The number of benzene rings is 1. The van der Waals surface area contributed by atoms with Crippen LogP contribution in [0.5, 0.6) is 0 Å². The summed E-state index contributed by atoms with van der Waals surface area (Å²) in [6, 6.07) is 3.49. The Bertz CT molecular complexity index is 634. The number of aliphatic carboxylic acids is 1. The van der Waals surface area contributed by atoms with Gasteiger partial charge in [-0.05, 0) is 24.6 Å². The van der Waals surface area contributed by atoms with E-state index in [9.17, 15) is 27.2 Å². The molecule has 0 saturated carbocycles. The molecule has 1 fully saturated rings. The second kappa shape index (κ2) is 5.53. The van der Waals surface area contributed by atoms with Crippen LogP contribution in [0.15, 0.2) is 22.7 Å². The summed E-state index contributed by atoms with van der Waals surface area (Å²) in [5.74, 6) is -3.88. The highest BCUT2D eigenvalue weighted by atomic mass is 79.9. The molecule has 22 heavy (non-hydrogen) atoms. The predicted molar refractivity (Wildman–Crippen MR) is 70.7 cm³/mol. The van der Waals surface area contributed by atoms with Crippen molar-refractivity contribution in [3.63, 3.8) is 0 Å². The highest BCUT2D eigenvalue weighted by Crippen LogP contribution is 2.46. The average Bonchev–Trinajstić information content (AvgIpc) is 2.87. The molecule has 120 valence electrons. The van der Waals surface area contributed by atoms with Crippen molar-refractivity contribution in [2.24, 2.45) is 5.41 Å². The molecule has 0 aromatic heterocycles. The van der Waals surface area contributed by atoms with Gasteiger partial charge in [0, 0.05) is 17.6 Å². The van der Waals surface area contributed by atoms with Gasteiger partial charge in [-0.25, -0.2) is 4.39 Å². The van der Waals surface area contributed by atoms with Crippen molar-refractivity contribution in [1.82, 2.24) is 4.90 Å². The third-order valence-corrected chi connectivity index (χ3v) is 4.16. The lowest BCUT2D eigenvalue weighted by Crippen LogP contribution is -2.47. The van der Waals surface area contributed by atoms with Gasteiger partial charge >= 0.3 is 12.1 Å². The quantitative estimate of drug-likeness (QED) is 0.798. The van der Waals surface area contributed by atoms with Crippen molar-refractivity contribution in [2.75, 3.05) is 13.1 Å². The summed E-state index contributed by atoms with van der Waals surface area (Å²) in [4.78, 5) is 23.9. The minimum absolute atomic E-state index is 0.386. The van der Waals surface area contributed by atoms with Gasteiger partial charge in [-0.2, -0.15) is 13.2 Å². The zero-order valence-electron chi connectivity index (χ0n) is 11.0. The fraction of sp³-hybridized carbons (Fsp3) is 0.385. The number of likely N-dealkylation sites (tertiary alicyclic amines) is 1. The highest BCUT2D eigenvalue weighted by Gasteiger charge is 2.64. The molecule has 1 aliphatic heterocycles. The summed E-state index contributed by atoms with van der Waals surface area (Å²) in [7, 11) is 0. The Hall–Kier alpha value is -1.64. The predicted octanol–water partition coefficient (Wildman–Crippen LogP) is 3.07. The maximum atomic E-state index is 13.7. The first-order chi connectivity index (χ1) is 10.1. The summed E-state index contributed by atoms with van der Waals surface area (Å²) < 4.78 is 53.2. The molecule has 4 nitrogen and oxygen atoms in total. The number of carboxylic acid groups (broad SMARTS) is 1. The van der Waals surface area contributed by atoms with Crippen molar-refractivity contribution in [3.8, 4) is 0 Å². The van der Waals surface area contributed by atoms with Gasteiger partial charge in [-0.15, -0.1) is 0 Å². The van der Waals surface area contributed by atoms with Crippen LogP contribution in [0.1, 0.15) is 16.8 Å². The van der Waals surface area contributed by atoms with Gasteiger partial charge in [-0.1, -0.05) is 15.9 Å². The van der Waals surface area contributed by atoms with Crippen molar-refractivity contribution in [3.05, 3.63) is 34.1 Å². The third kappa shape index (κ3) is 2.69. The highest BCUT2D eigenvalue weighted by molar-refractivity contribution is 9.10. The Kier molecular flexibility index (Phi) is 4.20. The van der Waals surface area contributed by atoms with Crippen LogP contribution >= 0.6 is 15.9 Å². The number of hydrogen-bond donors (Lipinski definition) is 1. The van der Waals surface area contributed by atoms with Gasteiger partial charge in [0.1, 0.15) is 5.82 Å². The Morgan fingerprint density at radius 2 is 1.95 bits per heavy atom. The van der Waals surface area contributed by atoms with E-state index in [2.05, 4.69) is 15.9 Å². The lowest BCUT2D eigenvalue weighted by atomic mass is 9.86. The Labute approximate surface area is 130 Å². The van der Waals surface area contributed by atoms with Crippen LogP contribution in [0.25, 0.3) is 0 Å². The van der Waals surface area contributed by atoms with E-state index in [0.717, 1.165) is 12.1 Å². The van der Waals surface area contributed by atoms with Crippen LogP contribution in [0.2, 0.25) is 0 Å². The van der Waals surface area contributed by atoms with Gasteiger partial charge < -0.3 is 10.0 Å². The van der Waals surface area contributed by atoms with Crippen molar-refractivity contribution in [2.45, 2.75) is 12.6 Å². The summed E-state index contributed by atoms with van der Waals surface area (Å²) in [6.07, 6.45) is -5.75. The number of hydrogen-bond acceptors (Lipinski definition) is 2. The van der Waals surface area contributed by atoms with Crippen molar-refractivity contribution in [1.29, 1.82) is 0 Å². The molecule has 0 spiro atoms. The molecule has 1 amide bonds. The molecule has 1 heterocycles. The molecule has 1 aromatic carbocycles. The van der Waals surface area contributed by atoms with E-state index >= 15 is 0 Å². The number of nitrogens with zero attached hydrogens (tertiary/aromatic N) is 1. The molecule has 1 atom stereocenters. The lowest BCUT2D eigenvalue weighted by molar-refractivity contribution is -0.227. The lowest BCUT2D eigenvalue weighted by Gasteiger charge is -2.27. The first-order valence-corrected chi connectivity index (χ1v) is 6.92. The van der Waals surface area contributed by atoms with E-state index in [-0.39, 0.29) is 0 Å². The standard InChI is InChI=1S/C13H10BrF4NO3/c14-7-1-2-9(15)8(5-7)10(20)19-4-3-12(6-19,11(21)22)13(16,17)18/h1-2,5H,3-4,6H2,(H,21,22). The first-order valence-electron chi connectivity index (χ1n) is 6.13. The topological polar surface area (TPSA) is 57.6 Å². The molecule has 1 saturated heterocycles. The number of halogens is 5. The molecule has 0 bridgehead atoms. The van der Waals surface area contributed by atoms with E-state index in [1.807, 2.05) is 0 Å². The number of alkyl halides is 3. The number of carbonyl (C=O) groups excluding carboxylic acids is 1. The molecule has 2 rings (SSSR count). The summed E-state index contributed by atoms with van der Waals surface area (Å²) in [5.41, 5.74) is -3.41. The number of amides is 1. The van der Waals surface area contributed by atoms with Crippen LogP contribution in [-0.2, 0) is 4.79 Å². The molecule has 0 radical (unpaired) electrons. The zero-order chi connectivity index (χ0) is 16.7. The van der Waals surface area contributed by atoms with E-state index in [4.69, 9.17) is 5.11 Å². The smallest absolute Gasteiger partial charge is 0.406 e. The molecule has 1 unspecified atom stereocenters. The Morgan fingerprint density at radius 3 is 2.45 bits per heavy atom. The minimum Gasteiger partial charge on any atom is -0.481 e. The number of rotatable bonds is 2. The molecular formula is C13H10BrF4NO3. The van der Waals surface area contributed by atoms with Gasteiger partial charge in [0.05, 0.1) is 5.56 Å². The molecular weight excluding hydrogens is 374 g/mol. The van der Waals surface area contributed by atoms with E-state index in [1.54, 1.807) is 0 Å².